The van der Waals surface area contributed by atoms with Crippen molar-refractivity contribution in [1.82, 2.24) is 14.9 Å². The van der Waals surface area contributed by atoms with E-state index in [1.165, 1.54) is 0 Å². The van der Waals surface area contributed by atoms with Gasteiger partial charge >= 0.3 is 0 Å². The number of aryl methyl sites for hydroxylation is 1. The summed E-state index contributed by atoms with van der Waals surface area (Å²) >= 11 is 0. The molecule has 0 aliphatic heterocycles. The maximum absolute atomic E-state index is 13.5. The Morgan fingerprint density at radius 1 is 1.20 bits per heavy atom. The van der Waals surface area contributed by atoms with Crippen molar-refractivity contribution in [3.05, 3.63) is 81.9 Å². The van der Waals surface area contributed by atoms with Gasteiger partial charge in [0.15, 0.2) is 5.82 Å². The van der Waals surface area contributed by atoms with Gasteiger partial charge in [-0.05, 0) is 62.8 Å². The number of hydrogen-bond acceptors (Lipinski definition) is 5. The minimum absolute atomic E-state index is 0.106. The number of rotatable bonds is 10. The summed E-state index contributed by atoms with van der Waals surface area (Å²) in [6.45, 7) is 4.75. The lowest BCUT2D eigenvalue weighted by Gasteiger charge is -2.22. The number of ether oxygens (including phenoxy) is 1. The van der Waals surface area contributed by atoms with Gasteiger partial charge in [-0.1, -0.05) is 37.6 Å². The second kappa shape index (κ2) is 9.56. The van der Waals surface area contributed by atoms with E-state index in [1.54, 1.807) is 29.1 Å². The lowest BCUT2D eigenvalue weighted by atomic mass is 10.0. The summed E-state index contributed by atoms with van der Waals surface area (Å²) < 4.78 is 7.63. The molecule has 1 aromatic heterocycles. The monoisotopic (exact) mass is 472 g/mol. The number of aromatic nitrogens is 2. The zero-order valence-electron chi connectivity index (χ0n) is 20.3. The number of carbonyl (C=O) groups is 1. The molecule has 0 radical (unpaired) electrons. The normalized spacial score (nSPS) is 15.9. The molecule has 2 fully saturated rings. The highest BCUT2D eigenvalue weighted by Gasteiger charge is 2.47. The minimum Gasteiger partial charge on any atom is -0.493 e. The number of para-hydroxylation sites is 1. The number of amides is 1. The molecule has 35 heavy (non-hydrogen) atoms. The Balaban J connectivity index is 1.43. The first-order valence-corrected chi connectivity index (χ1v) is 12.5. The van der Waals surface area contributed by atoms with Gasteiger partial charge in [-0.15, -0.1) is 0 Å². The number of unbranched alkanes of at least 4 members (excludes halogenated alkanes) is 1. The Morgan fingerprint density at radius 2 is 2.00 bits per heavy atom. The predicted octanol–water partition coefficient (Wildman–Crippen LogP) is 4.71. The van der Waals surface area contributed by atoms with E-state index in [0.29, 0.717) is 23.7 Å². The van der Waals surface area contributed by atoms with Crippen molar-refractivity contribution in [1.29, 1.82) is 0 Å². The fraction of sp³-hybridized carbons (Fsp3) is 0.393. The lowest BCUT2D eigenvalue weighted by Crippen LogP contribution is -2.29. The van der Waals surface area contributed by atoms with Crippen molar-refractivity contribution in [2.45, 2.75) is 64.0 Å². The van der Waals surface area contributed by atoms with Crippen LogP contribution in [-0.2, 0) is 5.54 Å². The van der Waals surface area contributed by atoms with E-state index in [0.717, 1.165) is 55.4 Å². The molecular formula is C28H32N4O3. The maximum atomic E-state index is 13.5. The molecule has 3 aromatic rings. The largest absolute Gasteiger partial charge is 0.493 e. The molecule has 0 saturated heterocycles. The molecule has 2 aromatic carbocycles. The fourth-order valence-electron chi connectivity index (χ4n) is 4.32. The van der Waals surface area contributed by atoms with E-state index in [9.17, 15) is 9.59 Å². The fourth-order valence-corrected chi connectivity index (χ4v) is 4.32. The Labute approximate surface area is 205 Å². The highest BCUT2D eigenvalue weighted by Crippen LogP contribution is 2.50. The van der Waals surface area contributed by atoms with E-state index < -0.39 is 0 Å². The van der Waals surface area contributed by atoms with E-state index in [-0.39, 0.29) is 23.0 Å². The molecule has 2 aliphatic carbocycles. The molecule has 7 heteroatoms. The molecule has 2 aliphatic rings. The van der Waals surface area contributed by atoms with E-state index in [4.69, 9.17) is 4.74 Å². The van der Waals surface area contributed by atoms with Gasteiger partial charge in [0.05, 0.1) is 17.8 Å². The quantitative estimate of drug-likeness (QED) is 0.417. The molecule has 0 atom stereocenters. The highest BCUT2D eigenvalue weighted by atomic mass is 16.5. The number of carbonyl (C=O) groups excluding carboxylic acids is 1. The van der Waals surface area contributed by atoms with Gasteiger partial charge in [0.2, 0.25) is 0 Å². The van der Waals surface area contributed by atoms with Crippen LogP contribution in [0.2, 0.25) is 0 Å². The van der Waals surface area contributed by atoms with E-state index in [1.807, 2.05) is 31.2 Å². The van der Waals surface area contributed by atoms with E-state index >= 15 is 0 Å². The van der Waals surface area contributed by atoms with Crippen LogP contribution in [0.15, 0.2) is 59.7 Å². The smallest absolute Gasteiger partial charge is 0.297 e. The van der Waals surface area contributed by atoms with Gasteiger partial charge in [-0.3, -0.25) is 14.2 Å². The van der Waals surface area contributed by atoms with Gasteiger partial charge < -0.3 is 15.4 Å². The summed E-state index contributed by atoms with van der Waals surface area (Å²) in [5, 5.41) is 6.45. The summed E-state index contributed by atoms with van der Waals surface area (Å²) in [6.07, 6.45) is 9.19. The van der Waals surface area contributed by atoms with Gasteiger partial charge in [-0.2, -0.15) is 0 Å². The van der Waals surface area contributed by atoms with Crippen LogP contribution in [0, 0.1) is 6.92 Å². The topological polar surface area (TPSA) is 85.2 Å². The number of hydrogen-bond donors (Lipinski definition) is 2. The molecule has 0 unspecified atom stereocenters. The first-order chi connectivity index (χ1) is 17.0. The first-order valence-electron chi connectivity index (χ1n) is 12.5. The minimum atomic E-state index is -0.366. The van der Waals surface area contributed by atoms with Crippen LogP contribution in [0.5, 0.6) is 5.75 Å². The summed E-state index contributed by atoms with van der Waals surface area (Å²) in [5.41, 5.74) is 2.58. The Morgan fingerprint density at radius 3 is 2.74 bits per heavy atom. The van der Waals surface area contributed by atoms with Crippen molar-refractivity contribution in [2.75, 3.05) is 11.9 Å². The van der Waals surface area contributed by atoms with Crippen LogP contribution in [0.4, 0.5) is 5.82 Å². The van der Waals surface area contributed by atoms with Gasteiger partial charge in [-0.25, -0.2) is 4.98 Å². The third kappa shape index (κ3) is 4.94. The summed E-state index contributed by atoms with van der Waals surface area (Å²) in [5.74, 6) is 1.04. The highest BCUT2D eigenvalue weighted by molar-refractivity contribution is 5.95. The standard InChI is InChI=1S/C28H32N4O3/c1-3-4-17-35-24-8-6-5-7-22(24)28(13-14-28)31-25-27(34)32(16-15-29-25)23-18-20(10-9-19(23)2)26(33)30-21-11-12-21/h5-10,15-16,18,21H,3-4,11-14,17H2,1-2H3,(H,29,31)(H,30,33). The van der Waals surface area contributed by atoms with E-state index in [2.05, 4.69) is 28.6 Å². The summed E-state index contributed by atoms with van der Waals surface area (Å²) in [6, 6.07) is 13.8. The molecule has 5 rings (SSSR count). The average Bonchev–Trinajstić information content (AvgIpc) is 3.79. The van der Waals surface area contributed by atoms with Crippen molar-refractivity contribution >= 4 is 11.7 Å². The molecule has 2 saturated carbocycles. The van der Waals surface area contributed by atoms with Crippen molar-refractivity contribution in [3.8, 4) is 11.4 Å². The second-order valence-corrected chi connectivity index (χ2v) is 9.61. The Kier molecular flexibility index (Phi) is 6.32. The zero-order valence-corrected chi connectivity index (χ0v) is 20.3. The molecule has 0 spiro atoms. The van der Waals surface area contributed by atoms with Crippen LogP contribution in [0.1, 0.15) is 66.9 Å². The summed E-state index contributed by atoms with van der Waals surface area (Å²) in [4.78, 5) is 30.5. The molecule has 1 heterocycles. The maximum Gasteiger partial charge on any atom is 0.297 e. The lowest BCUT2D eigenvalue weighted by molar-refractivity contribution is 0.0951. The molecule has 0 bridgehead atoms. The second-order valence-electron chi connectivity index (χ2n) is 9.61. The molecule has 182 valence electrons. The third-order valence-corrected chi connectivity index (χ3v) is 6.75. The van der Waals surface area contributed by atoms with Crippen molar-refractivity contribution < 1.29 is 9.53 Å². The van der Waals surface area contributed by atoms with Crippen LogP contribution in [0.25, 0.3) is 5.69 Å². The molecular weight excluding hydrogens is 440 g/mol. The molecule has 2 N–H and O–H groups in total. The van der Waals surface area contributed by atoms with Gasteiger partial charge in [0, 0.05) is 29.6 Å². The molecule has 7 nitrogen and oxygen atoms in total. The van der Waals surface area contributed by atoms with Gasteiger partial charge in [0.1, 0.15) is 5.75 Å². The number of benzene rings is 2. The molecule has 1 amide bonds. The summed E-state index contributed by atoms with van der Waals surface area (Å²) in [7, 11) is 0. The third-order valence-electron chi connectivity index (χ3n) is 6.75. The Bertz CT molecular complexity index is 1290. The van der Waals surface area contributed by atoms with Crippen LogP contribution < -0.4 is 20.9 Å². The Hall–Kier alpha value is -3.61. The van der Waals surface area contributed by atoms with Crippen molar-refractivity contribution in [2.24, 2.45) is 0 Å². The van der Waals surface area contributed by atoms with Crippen molar-refractivity contribution in [3.63, 3.8) is 0 Å². The number of anilines is 1. The average molecular weight is 473 g/mol. The number of nitrogens with one attached hydrogen (secondary N) is 2. The number of nitrogens with zero attached hydrogens (tertiary/aromatic N) is 2. The zero-order chi connectivity index (χ0) is 24.4. The van der Waals surface area contributed by atoms with Gasteiger partial charge in [0.25, 0.3) is 11.5 Å². The van der Waals surface area contributed by atoms with Crippen LogP contribution in [-0.4, -0.2) is 28.1 Å². The van der Waals surface area contributed by atoms with Crippen LogP contribution in [0.3, 0.4) is 0 Å². The first kappa shape index (κ1) is 23.1. The SMILES string of the molecule is CCCCOc1ccccc1C1(Nc2nccn(-c3cc(C(=O)NC4CC4)ccc3C)c2=O)CC1. The van der Waals surface area contributed by atoms with Crippen LogP contribution >= 0.6 is 0 Å². The predicted molar refractivity (Wildman–Crippen MR) is 136 cm³/mol.